The Kier molecular flexibility index (Phi) is 4.07. The van der Waals surface area contributed by atoms with E-state index in [1.54, 1.807) is 18.2 Å². The van der Waals surface area contributed by atoms with Crippen LogP contribution in [-0.2, 0) is 9.84 Å². The minimum Gasteiger partial charge on any atom is -0.352 e. The first kappa shape index (κ1) is 13.5. The van der Waals surface area contributed by atoms with Gasteiger partial charge in [-0.25, -0.2) is 8.42 Å². The number of hydrogen-bond donors (Lipinski definition) is 1. The molecule has 1 fully saturated rings. The fourth-order valence-electron chi connectivity index (χ4n) is 2.00. The van der Waals surface area contributed by atoms with Crippen LogP contribution in [-0.4, -0.2) is 32.4 Å². The Bertz CT molecular complexity index is 556. The molecule has 1 unspecified atom stereocenters. The predicted octanol–water partition coefficient (Wildman–Crippen LogP) is 1.61. The molecule has 18 heavy (non-hydrogen) atoms. The summed E-state index contributed by atoms with van der Waals surface area (Å²) in [7, 11) is -2.87. The summed E-state index contributed by atoms with van der Waals surface area (Å²) in [5.41, 5.74) is 0.574. The van der Waals surface area contributed by atoms with Gasteiger partial charge in [0, 0.05) is 16.6 Å². The van der Waals surface area contributed by atoms with Crippen LogP contribution in [0.15, 0.2) is 28.7 Å². The van der Waals surface area contributed by atoms with Crippen molar-refractivity contribution in [3.63, 3.8) is 0 Å². The Morgan fingerprint density at radius 2 is 2.22 bits per heavy atom. The minimum absolute atomic E-state index is 0.0473. The number of benzene rings is 1. The van der Waals surface area contributed by atoms with E-state index in [2.05, 4.69) is 21.2 Å². The molecular formula is C12H14BrNO3S. The van der Waals surface area contributed by atoms with Gasteiger partial charge in [0.1, 0.15) is 0 Å². The molecule has 0 saturated carbocycles. The van der Waals surface area contributed by atoms with Gasteiger partial charge in [-0.3, -0.25) is 4.79 Å². The molecular weight excluding hydrogens is 318 g/mol. The standard InChI is InChI=1S/C12H14BrNO3S/c13-11-3-1-2-10(6-11)12(15)14-7-9-4-5-18(16,17)8-9/h1-3,6,9H,4-5,7-8H2,(H,14,15). The van der Waals surface area contributed by atoms with Crippen LogP contribution in [0.25, 0.3) is 0 Å². The highest BCUT2D eigenvalue weighted by molar-refractivity contribution is 9.10. The van der Waals surface area contributed by atoms with Crippen LogP contribution in [0.2, 0.25) is 0 Å². The Morgan fingerprint density at radius 3 is 2.83 bits per heavy atom. The van der Waals surface area contributed by atoms with E-state index in [0.717, 1.165) is 4.47 Å². The number of nitrogens with one attached hydrogen (secondary N) is 1. The van der Waals surface area contributed by atoms with Gasteiger partial charge in [0.05, 0.1) is 11.5 Å². The highest BCUT2D eigenvalue weighted by atomic mass is 79.9. The average Bonchev–Trinajstić information content (AvgIpc) is 2.66. The molecule has 1 saturated heterocycles. The Balaban J connectivity index is 1.90. The van der Waals surface area contributed by atoms with Crippen molar-refractivity contribution in [2.45, 2.75) is 6.42 Å². The normalized spacial score (nSPS) is 21.7. The van der Waals surface area contributed by atoms with Crippen LogP contribution in [0.3, 0.4) is 0 Å². The molecule has 0 aliphatic carbocycles. The molecule has 98 valence electrons. The minimum atomic E-state index is -2.87. The van der Waals surface area contributed by atoms with E-state index in [-0.39, 0.29) is 23.3 Å². The van der Waals surface area contributed by atoms with Crippen molar-refractivity contribution in [3.8, 4) is 0 Å². The number of hydrogen-bond acceptors (Lipinski definition) is 3. The summed E-state index contributed by atoms with van der Waals surface area (Å²) in [5.74, 6) is 0.308. The zero-order chi connectivity index (χ0) is 13.2. The maximum absolute atomic E-state index is 11.8. The number of amides is 1. The number of carbonyl (C=O) groups is 1. The third-order valence-corrected chi connectivity index (χ3v) is 5.30. The molecule has 6 heteroatoms. The van der Waals surface area contributed by atoms with E-state index < -0.39 is 9.84 Å². The first-order chi connectivity index (χ1) is 8.46. The summed E-state index contributed by atoms with van der Waals surface area (Å²) in [6, 6.07) is 7.10. The summed E-state index contributed by atoms with van der Waals surface area (Å²) in [4.78, 5) is 11.8. The lowest BCUT2D eigenvalue weighted by molar-refractivity contribution is 0.0948. The second-order valence-electron chi connectivity index (χ2n) is 4.49. The molecule has 1 aliphatic heterocycles. The monoisotopic (exact) mass is 331 g/mol. The van der Waals surface area contributed by atoms with Gasteiger partial charge < -0.3 is 5.32 Å². The number of sulfone groups is 1. The van der Waals surface area contributed by atoms with Gasteiger partial charge in [-0.15, -0.1) is 0 Å². The first-order valence-corrected chi connectivity index (χ1v) is 8.32. The summed E-state index contributed by atoms with van der Waals surface area (Å²) >= 11 is 3.30. The largest absolute Gasteiger partial charge is 0.352 e. The summed E-state index contributed by atoms with van der Waals surface area (Å²) in [6.07, 6.45) is 0.640. The maximum atomic E-state index is 11.8. The van der Waals surface area contributed by atoms with Gasteiger partial charge in [0.25, 0.3) is 5.91 Å². The van der Waals surface area contributed by atoms with Crippen molar-refractivity contribution < 1.29 is 13.2 Å². The van der Waals surface area contributed by atoms with Gasteiger partial charge in [0.15, 0.2) is 9.84 Å². The van der Waals surface area contributed by atoms with Crippen LogP contribution < -0.4 is 5.32 Å². The average molecular weight is 332 g/mol. The van der Waals surface area contributed by atoms with Gasteiger partial charge in [-0.1, -0.05) is 22.0 Å². The van der Waals surface area contributed by atoms with Crippen molar-refractivity contribution in [1.82, 2.24) is 5.32 Å². The van der Waals surface area contributed by atoms with E-state index in [1.807, 2.05) is 6.07 Å². The Hall–Kier alpha value is -0.880. The van der Waals surface area contributed by atoms with E-state index in [0.29, 0.717) is 18.5 Å². The van der Waals surface area contributed by atoms with E-state index in [9.17, 15) is 13.2 Å². The van der Waals surface area contributed by atoms with E-state index in [1.165, 1.54) is 0 Å². The van der Waals surface area contributed by atoms with Crippen LogP contribution in [0.4, 0.5) is 0 Å². The van der Waals surface area contributed by atoms with Crippen molar-refractivity contribution in [1.29, 1.82) is 0 Å². The second-order valence-corrected chi connectivity index (χ2v) is 7.63. The molecule has 1 heterocycles. The van der Waals surface area contributed by atoms with E-state index in [4.69, 9.17) is 0 Å². The molecule has 1 amide bonds. The molecule has 4 nitrogen and oxygen atoms in total. The molecule has 1 aromatic carbocycles. The molecule has 1 N–H and O–H groups in total. The maximum Gasteiger partial charge on any atom is 0.251 e. The first-order valence-electron chi connectivity index (χ1n) is 5.70. The van der Waals surface area contributed by atoms with Gasteiger partial charge in [-0.05, 0) is 30.5 Å². The lowest BCUT2D eigenvalue weighted by atomic mass is 10.1. The van der Waals surface area contributed by atoms with Crippen LogP contribution in [0.1, 0.15) is 16.8 Å². The summed E-state index contributed by atoms with van der Waals surface area (Å²) in [6.45, 7) is 0.421. The molecule has 0 spiro atoms. The smallest absolute Gasteiger partial charge is 0.251 e. The topological polar surface area (TPSA) is 63.2 Å². The third kappa shape index (κ3) is 3.55. The van der Waals surface area contributed by atoms with Gasteiger partial charge in [0.2, 0.25) is 0 Å². The van der Waals surface area contributed by atoms with Crippen LogP contribution >= 0.6 is 15.9 Å². The van der Waals surface area contributed by atoms with Crippen molar-refractivity contribution in [2.75, 3.05) is 18.1 Å². The molecule has 2 rings (SSSR count). The van der Waals surface area contributed by atoms with Crippen molar-refractivity contribution in [3.05, 3.63) is 34.3 Å². The lowest BCUT2D eigenvalue weighted by Gasteiger charge is -2.09. The number of rotatable bonds is 3. The fourth-order valence-corrected chi connectivity index (χ4v) is 4.26. The van der Waals surface area contributed by atoms with Crippen molar-refractivity contribution >= 4 is 31.7 Å². The quantitative estimate of drug-likeness (QED) is 0.915. The summed E-state index contributed by atoms with van der Waals surface area (Å²) < 4.78 is 23.4. The number of carbonyl (C=O) groups excluding carboxylic acids is 1. The zero-order valence-electron chi connectivity index (χ0n) is 9.73. The SMILES string of the molecule is O=C(NCC1CCS(=O)(=O)C1)c1cccc(Br)c1. The molecule has 1 aliphatic rings. The molecule has 0 aromatic heterocycles. The predicted molar refractivity (Wildman–Crippen MR) is 73.2 cm³/mol. The Morgan fingerprint density at radius 1 is 1.44 bits per heavy atom. The highest BCUT2D eigenvalue weighted by Crippen LogP contribution is 2.17. The lowest BCUT2D eigenvalue weighted by Crippen LogP contribution is -2.29. The Labute approximate surface area is 115 Å². The zero-order valence-corrected chi connectivity index (χ0v) is 12.1. The van der Waals surface area contributed by atoms with Gasteiger partial charge >= 0.3 is 0 Å². The molecule has 1 atom stereocenters. The van der Waals surface area contributed by atoms with Crippen LogP contribution in [0, 0.1) is 5.92 Å². The van der Waals surface area contributed by atoms with Crippen LogP contribution in [0.5, 0.6) is 0 Å². The second kappa shape index (κ2) is 5.40. The van der Waals surface area contributed by atoms with Gasteiger partial charge in [-0.2, -0.15) is 0 Å². The molecule has 0 bridgehead atoms. The highest BCUT2D eigenvalue weighted by Gasteiger charge is 2.27. The molecule has 1 aromatic rings. The number of halogens is 1. The van der Waals surface area contributed by atoms with Crippen molar-refractivity contribution in [2.24, 2.45) is 5.92 Å². The van der Waals surface area contributed by atoms with E-state index >= 15 is 0 Å². The fraction of sp³-hybridized carbons (Fsp3) is 0.417. The molecule has 0 radical (unpaired) electrons. The third-order valence-electron chi connectivity index (χ3n) is 2.96. The summed E-state index contributed by atoms with van der Waals surface area (Å²) in [5, 5.41) is 2.78.